The van der Waals surface area contributed by atoms with Crippen LogP contribution in [0, 0.1) is 5.92 Å². The number of carbonyl (C=O) groups is 4. The normalized spacial score (nSPS) is 15.7. The third kappa shape index (κ3) is 4.11. The maximum atomic E-state index is 12.7. The lowest BCUT2D eigenvalue weighted by Gasteiger charge is -2.19. The highest BCUT2D eigenvalue weighted by Crippen LogP contribution is 2.29. The lowest BCUT2D eigenvalue weighted by molar-refractivity contribution is -0.122. The zero-order chi connectivity index (χ0) is 21.0. The van der Waals surface area contributed by atoms with E-state index in [0.29, 0.717) is 11.4 Å². The molecule has 1 saturated heterocycles. The number of methoxy groups -OCH3 is 2. The zero-order valence-corrected chi connectivity index (χ0v) is 16.0. The van der Waals surface area contributed by atoms with Gasteiger partial charge in [0.05, 0.1) is 42.6 Å². The van der Waals surface area contributed by atoms with E-state index in [1.54, 1.807) is 48.5 Å². The predicted octanol–water partition coefficient (Wildman–Crippen LogP) is 2.25. The fraction of sp³-hybridized carbons (Fsp3) is 0.238. The van der Waals surface area contributed by atoms with Gasteiger partial charge in [0.25, 0.3) is 0 Å². The van der Waals surface area contributed by atoms with Gasteiger partial charge in [-0.15, -0.1) is 0 Å². The molecule has 0 spiro atoms. The molecule has 8 nitrogen and oxygen atoms in total. The zero-order valence-electron chi connectivity index (χ0n) is 16.0. The third-order valence-electron chi connectivity index (χ3n) is 4.69. The van der Waals surface area contributed by atoms with Crippen molar-refractivity contribution < 1.29 is 28.7 Å². The Balaban J connectivity index is 1.79. The van der Waals surface area contributed by atoms with Gasteiger partial charge in [-0.1, -0.05) is 24.3 Å². The number of nitrogens with one attached hydrogen (secondary N) is 1. The fourth-order valence-electron chi connectivity index (χ4n) is 3.22. The minimum absolute atomic E-state index is 0.0122. The molecular formula is C21H20N2O6. The van der Waals surface area contributed by atoms with Crippen molar-refractivity contribution in [3.05, 3.63) is 59.7 Å². The lowest BCUT2D eigenvalue weighted by atomic mass is 10.1. The standard InChI is InChI=1S/C21H20N2O6/c1-28-20(26)14-7-3-5-9-16(14)22-19(25)13-11-18(24)23(12-13)17-10-6-4-8-15(17)21(27)29-2/h3-10,13H,11-12H2,1-2H3,(H,22,25). The summed E-state index contributed by atoms with van der Waals surface area (Å²) in [7, 11) is 2.52. The van der Waals surface area contributed by atoms with Crippen molar-refractivity contribution in [2.24, 2.45) is 5.92 Å². The highest BCUT2D eigenvalue weighted by atomic mass is 16.5. The van der Waals surface area contributed by atoms with Gasteiger partial charge in [0, 0.05) is 13.0 Å². The van der Waals surface area contributed by atoms with Crippen LogP contribution in [0.1, 0.15) is 27.1 Å². The van der Waals surface area contributed by atoms with Crippen molar-refractivity contribution >= 4 is 35.1 Å². The highest BCUT2D eigenvalue weighted by Gasteiger charge is 2.37. The van der Waals surface area contributed by atoms with Crippen molar-refractivity contribution in [2.45, 2.75) is 6.42 Å². The Hall–Kier alpha value is -3.68. The van der Waals surface area contributed by atoms with Gasteiger partial charge in [-0.3, -0.25) is 9.59 Å². The number of anilines is 2. The molecule has 0 bridgehead atoms. The van der Waals surface area contributed by atoms with Gasteiger partial charge < -0.3 is 19.7 Å². The Morgan fingerprint density at radius 3 is 2.21 bits per heavy atom. The van der Waals surface area contributed by atoms with Crippen molar-refractivity contribution in [2.75, 3.05) is 31.0 Å². The Morgan fingerprint density at radius 1 is 0.931 bits per heavy atom. The van der Waals surface area contributed by atoms with E-state index in [9.17, 15) is 19.2 Å². The number of carbonyl (C=O) groups excluding carboxylic acids is 4. The second-order valence-electron chi connectivity index (χ2n) is 6.44. The minimum Gasteiger partial charge on any atom is -0.465 e. The second kappa shape index (κ2) is 8.55. The molecule has 1 atom stereocenters. The molecule has 1 aliphatic rings. The summed E-state index contributed by atoms with van der Waals surface area (Å²) in [6.45, 7) is 0.110. The molecule has 1 N–H and O–H groups in total. The molecule has 1 heterocycles. The van der Waals surface area contributed by atoms with Gasteiger partial charge in [0.2, 0.25) is 11.8 Å². The van der Waals surface area contributed by atoms with E-state index in [4.69, 9.17) is 9.47 Å². The number of rotatable bonds is 5. The van der Waals surface area contributed by atoms with Gasteiger partial charge >= 0.3 is 11.9 Å². The number of benzene rings is 2. The average Bonchev–Trinajstić information content (AvgIpc) is 3.14. The number of hydrogen-bond donors (Lipinski definition) is 1. The smallest absolute Gasteiger partial charge is 0.339 e. The Kier molecular flexibility index (Phi) is 5.92. The Morgan fingerprint density at radius 2 is 1.52 bits per heavy atom. The lowest BCUT2D eigenvalue weighted by Crippen LogP contribution is -2.29. The first kappa shape index (κ1) is 20.1. The van der Waals surface area contributed by atoms with E-state index in [1.807, 2.05) is 0 Å². The molecule has 1 unspecified atom stereocenters. The fourth-order valence-corrected chi connectivity index (χ4v) is 3.22. The highest BCUT2D eigenvalue weighted by molar-refractivity contribution is 6.08. The summed E-state index contributed by atoms with van der Waals surface area (Å²) in [4.78, 5) is 50.6. The summed E-state index contributed by atoms with van der Waals surface area (Å²) in [6.07, 6.45) is -0.0122. The summed E-state index contributed by atoms with van der Waals surface area (Å²) in [5.74, 6) is -2.44. The Bertz CT molecular complexity index is 971. The maximum Gasteiger partial charge on any atom is 0.339 e. The molecule has 2 aromatic rings. The first-order chi connectivity index (χ1) is 14.0. The molecule has 8 heteroatoms. The average molecular weight is 396 g/mol. The van der Waals surface area contributed by atoms with Gasteiger partial charge in [0.1, 0.15) is 0 Å². The predicted molar refractivity (Wildman–Crippen MR) is 105 cm³/mol. The van der Waals surface area contributed by atoms with Crippen LogP contribution < -0.4 is 10.2 Å². The van der Waals surface area contributed by atoms with Crippen LogP contribution in [0.2, 0.25) is 0 Å². The van der Waals surface area contributed by atoms with Crippen LogP contribution in [-0.4, -0.2) is 44.5 Å². The molecule has 0 radical (unpaired) electrons. The molecule has 0 aromatic heterocycles. The van der Waals surface area contributed by atoms with Crippen LogP contribution in [0.25, 0.3) is 0 Å². The first-order valence-corrected chi connectivity index (χ1v) is 8.92. The van der Waals surface area contributed by atoms with Gasteiger partial charge in [0.15, 0.2) is 0 Å². The van der Waals surface area contributed by atoms with E-state index in [2.05, 4.69) is 5.32 Å². The maximum absolute atomic E-state index is 12.7. The molecular weight excluding hydrogens is 376 g/mol. The van der Waals surface area contributed by atoms with Crippen molar-refractivity contribution in [3.8, 4) is 0 Å². The number of esters is 2. The monoisotopic (exact) mass is 396 g/mol. The molecule has 0 aliphatic carbocycles. The number of hydrogen-bond acceptors (Lipinski definition) is 6. The van der Waals surface area contributed by atoms with Crippen molar-refractivity contribution in [3.63, 3.8) is 0 Å². The summed E-state index contributed by atoms with van der Waals surface area (Å²) in [5.41, 5.74) is 1.18. The summed E-state index contributed by atoms with van der Waals surface area (Å²) in [6, 6.07) is 13.0. The number of amides is 2. The van der Waals surface area contributed by atoms with Gasteiger partial charge in [-0.25, -0.2) is 9.59 Å². The number of ether oxygens (including phenoxy) is 2. The first-order valence-electron chi connectivity index (χ1n) is 8.92. The molecule has 29 heavy (non-hydrogen) atoms. The molecule has 1 fully saturated rings. The van der Waals surface area contributed by atoms with Crippen LogP contribution in [-0.2, 0) is 19.1 Å². The molecule has 1 aliphatic heterocycles. The Labute approximate surface area is 167 Å². The molecule has 2 amide bonds. The molecule has 2 aromatic carbocycles. The molecule has 150 valence electrons. The quantitative estimate of drug-likeness (QED) is 0.778. The second-order valence-corrected chi connectivity index (χ2v) is 6.44. The SMILES string of the molecule is COC(=O)c1ccccc1NC(=O)C1CC(=O)N(c2ccccc2C(=O)OC)C1. The van der Waals surface area contributed by atoms with Crippen molar-refractivity contribution in [1.82, 2.24) is 0 Å². The van der Waals surface area contributed by atoms with Crippen LogP contribution in [0.5, 0.6) is 0 Å². The summed E-state index contributed by atoms with van der Waals surface area (Å²) >= 11 is 0. The molecule has 0 saturated carbocycles. The topological polar surface area (TPSA) is 102 Å². The summed E-state index contributed by atoms with van der Waals surface area (Å²) in [5, 5.41) is 2.70. The van der Waals surface area contributed by atoms with Crippen LogP contribution in [0.3, 0.4) is 0 Å². The largest absolute Gasteiger partial charge is 0.465 e. The third-order valence-corrected chi connectivity index (χ3v) is 4.69. The van der Waals surface area contributed by atoms with E-state index in [-0.39, 0.29) is 30.0 Å². The minimum atomic E-state index is -0.640. The van der Waals surface area contributed by atoms with E-state index in [0.717, 1.165) is 0 Å². The van der Waals surface area contributed by atoms with Crippen LogP contribution >= 0.6 is 0 Å². The van der Waals surface area contributed by atoms with Gasteiger partial charge in [-0.05, 0) is 24.3 Å². The van der Waals surface area contributed by atoms with Gasteiger partial charge in [-0.2, -0.15) is 0 Å². The van der Waals surface area contributed by atoms with E-state index < -0.39 is 23.8 Å². The van der Waals surface area contributed by atoms with Crippen LogP contribution in [0.4, 0.5) is 11.4 Å². The number of nitrogens with zero attached hydrogens (tertiary/aromatic N) is 1. The molecule has 3 rings (SSSR count). The van der Waals surface area contributed by atoms with Crippen LogP contribution in [0.15, 0.2) is 48.5 Å². The summed E-state index contributed by atoms with van der Waals surface area (Å²) < 4.78 is 9.50. The van der Waals surface area contributed by atoms with E-state index >= 15 is 0 Å². The number of para-hydroxylation sites is 2. The van der Waals surface area contributed by atoms with E-state index in [1.165, 1.54) is 19.1 Å². The van der Waals surface area contributed by atoms with Crippen molar-refractivity contribution in [1.29, 1.82) is 0 Å².